The van der Waals surface area contributed by atoms with Gasteiger partial charge in [-0.1, -0.05) is 36.2 Å². The van der Waals surface area contributed by atoms with Crippen LogP contribution in [0.15, 0.2) is 41.3 Å². The fraction of sp³-hybridized carbons (Fsp3) is 0.238. The molecule has 0 unspecified atom stereocenters. The predicted octanol–water partition coefficient (Wildman–Crippen LogP) is 4.13. The Kier molecular flexibility index (Phi) is 6.82. The quantitative estimate of drug-likeness (QED) is 0.548. The maximum absolute atomic E-state index is 12.7. The molecular weight excluding hydrogens is 443 g/mol. The Morgan fingerprint density at radius 3 is 2.48 bits per heavy atom. The Balaban J connectivity index is 2.13. The van der Waals surface area contributed by atoms with Gasteiger partial charge in [0.15, 0.2) is 11.2 Å². The lowest BCUT2D eigenvalue weighted by Crippen LogP contribution is -2.24. The Morgan fingerprint density at radius 2 is 1.87 bits per heavy atom. The molecule has 0 saturated heterocycles. The van der Waals surface area contributed by atoms with Crippen molar-refractivity contribution < 1.29 is 14.7 Å². The number of carbonyl (C=O) groups excluding carboxylic acids is 1. The molecule has 0 bridgehead atoms. The molecule has 0 aliphatic rings. The second-order valence-electron chi connectivity index (χ2n) is 6.70. The van der Waals surface area contributed by atoms with Gasteiger partial charge in [0.05, 0.1) is 22.3 Å². The lowest BCUT2D eigenvalue weighted by molar-refractivity contribution is -0.115. The molecule has 3 aromatic rings. The van der Waals surface area contributed by atoms with E-state index in [0.29, 0.717) is 35.1 Å². The molecule has 0 saturated carbocycles. The van der Waals surface area contributed by atoms with Crippen molar-refractivity contribution in [2.75, 3.05) is 5.32 Å². The normalized spacial score (nSPS) is 10.8. The van der Waals surface area contributed by atoms with Crippen molar-refractivity contribution in [2.45, 2.75) is 33.4 Å². The molecule has 2 heterocycles. The van der Waals surface area contributed by atoms with Gasteiger partial charge in [0.25, 0.3) is 0 Å². The van der Waals surface area contributed by atoms with E-state index < -0.39 is 11.4 Å². The maximum atomic E-state index is 12.7. The van der Waals surface area contributed by atoms with Crippen LogP contribution in [0.5, 0.6) is 0 Å². The number of pyridine rings is 1. The van der Waals surface area contributed by atoms with Gasteiger partial charge in [-0.3, -0.25) is 14.3 Å². The highest BCUT2D eigenvalue weighted by atomic mass is 35.5. The van der Waals surface area contributed by atoms with Crippen molar-refractivity contribution in [3.05, 3.63) is 68.1 Å². The molecule has 3 rings (SSSR count). The number of aromatic carboxylic acids is 1. The Bertz CT molecular complexity index is 1220. The third kappa shape index (κ3) is 4.81. The molecule has 2 N–H and O–H groups in total. The number of nitrogens with zero attached hydrogens (tertiary/aromatic N) is 3. The van der Waals surface area contributed by atoms with Crippen molar-refractivity contribution >= 4 is 40.9 Å². The topological polar surface area (TPSA) is 106 Å². The number of carbonyl (C=O) groups is 2. The highest BCUT2D eigenvalue weighted by Gasteiger charge is 2.22. The summed E-state index contributed by atoms with van der Waals surface area (Å²) in [4.78, 5) is 36.2. The van der Waals surface area contributed by atoms with Gasteiger partial charge in [0, 0.05) is 42.6 Å². The summed E-state index contributed by atoms with van der Waals surface area (Å²) in [6.45, 7) is 4.17. The first kappa shape index (κ1) is 22.6. The summed E-state index contributed by atoms with van der Waals surface area (Å²) >= 11 is 12.1. The monoisotopic (exact) mass is 462 g/mol. The number of carboxylic acid groups (broad SMARTS) is 1. The Morgan fingerprint density at radius 1 is 1.13 bits per heavy atom. The van der Waals surface area contributed by atoms with Gasteiger partial charge in [-0.25, -0.2) is 4.79 Å². The van der Waals surface area contributed by atoms with Gasteiger partial charge in [-0.05, 0) is 19.1 Å². The summed E-state index contributed by atoms with van der Waals surface area (Å²) in [5, 5.41) is 17.2. The molecule has 0 atom stereocenters. The van der Waals surface area contributed by atoms with Crippen molar-refractivity contribution in [1.82, 2.24) is 14.3 Å². The van der Waals surface area contributed by atoms with Crippen molar-refractivity contribution in [1.29, 1.82) is 0 Å². The smallest absolute Gasteiger partial charge is 0.341 e. The number of benzene rings is 1. The molecule has 10 heteroatoms. The van der Waals surface area contributed by atoms with E-state index in [2.05, 4.69) is 10.4 Å². The molecule has 2 aromatic heterocycles. The van der Waals surface area contributed by atoms with Crippen molar-refractivity contribution in [3.63, 3.8) is 0 Å². The van der Waals surface area contributed by atoms with Crippen LogP contribution in [-0.2, 0) is 17.9 Å². The third-order valence-corrected chi connectivity index (χ3v) is 5.41. The molecule has 0 radical (unpaired) electrons. The lowest BCUT2D eigenvalue weighted by atomic mass is 10.0. The molecule has 0 fully saturated rings. The van der Waals surface area contributed by atoms with Crippen LogP contribution in [0.3, 0.4) is 0 Å². The first-order chi connectivity index (χ1) is 14.7. The minimum absolute atomic E-state index is 0.163. The van der Waals surface area contributed by atoms with Gasteiger partial charge in [0.1, 0.15) is 5.56 Å². The van der Waals surface area contributed by atoms with Crippen LogP contribution in [0.1, 0.15) is 36.3 Å². The van der Waals surface area contributed by atoms with E-state index >= 15 is 0 Å². The van der Waals surface area contributed by atoms with E-state index in [4.69, 9.17) is 23.2 Å². The Hall–Kier alpha value is -3.10. The number of amides is 1. The van der Waals surface area contributed by atoms with Crippen LogP contribution in [0.25, 0.3) is 11.3 Å². The maximum Gasteiger partial charge on any atom is 0.341 e. The number of anilines is 1. The van der Waals surface area contributed by atoms with E-state index in [-0.39, 0.29) is 28.7 Å². The van der Waals surface area contributed by atoms with Crippen LogP contribution < -0.4 is 10.7 Å². The molecule has 31 heavy (non-hydrogen) atoms. The van der Waals surface area contributed by atoms with Crippen molar-refractivity contribution in [3.8, 4) is 11.3 Å². The van der Waals surface area contributed by atoms with Crippen LogP contribution in [0, 0.1) is 0 Å². The van der Waals surface area contributed by atoms with E-state index in [1.54, 1.807) is 40.6 Å². The highest BCUT2D eigenvalue weighted by molar-refractivity contribution is 6.42. The summed E-state index contributed by atoms with van der Waals surface area (Å²) in [5.41, 5.74) is 0.280. The zero-order chi connectivity index (χ0) is 22.7. The summed E-state index contributed by atoms with van der Waals surface area (Å²) in [5.74, 6) is -1.10. The number of hydrogen-bond acceptors (Lipinski definition) is 4. The second-order valence-corrected chi connectivity index (χ2v) is 7.52. The number of carboxylic acids is 1. The molecule has 0 aliphatic heterocycles. The summed E-state index contributed by atoms with van der Waals surface area (Å²) < 4.78 is 3.29. The largest absolute Gasteiger partial charge is 0.477 e. The average Bonchev–Trinajstić information content (AvgIpc) is 3.15. The number of aromatic nitrogens is 3. The van der Waals surface area contributed by atoms with E-state index in [1.165, 1.54) is 12.1 Å². The van der Waals surface area contributed by atoms with E-state index in [0.717, 1.165) is 0 Å². The minimum atomic E-state index is -1.33. The van der Waals surface area contributed by atoms with Gasteiger partial charge >= 0.3 is 5.97 Å². The zero-order valence-corrected chi connectivity index (χ0v) is 18.4. The van der Waals surface area contributed by atoms with Crippen LogP contribution >= 0.6 is 23.2 Å². The number of nitrogens with one attached hydrogen (secondary N) is 1. The lowest BCUT2D eigenvalue weighted by Gasteiger charge is -2.20. The number of hydrogen-bond donors (Lipinski definition) is 2. The Labute approximate surface area is 188 Å². The molecule has 8 nitrogen and oxygen atoms in total. The SMILES string of the molecule is CCC(=O)Nc1ccn(Cc2cc(=O)c(C(=O)O)c(-c3ccc(Cl)c(Cl)c3)n2CC)n1. The minimum Gasteiger partial charge on any atom is -0.477 e. The van der Waals surface area contributed by atoms with Crippen LogP contribution in [0.2, 0.25) is 10.0 Å². The zero-order valence-electron chi connectivity index (χ0n) is 16.9. The van der Waals surface area contributed by atoms with Crippen LogP contribution in [0.4, 0.5) is 5.82 Å². The molecule has 1 aromatic carbocycles. The summed E-state index contributed by atoms with van der Waals surface area (Å²) in [7, 11) is 0. The average molecular weight is 463 g/mol. The second kappa shape index (κ2) is 9.36. The fourth-order valence-electron chi connectivity index (χ4n) is 3.25. The molecule has 0 aliphatic carbocycles. The van der Waals surface area contributed by atoms with E-state index in [1.807, 2.05) is 6.92 Å². The fourth-order valence-corrected chi connectivity index (χ4v) is 3.55. The van der Waals surface area contributed by atoms with Gasteiger partial charge in [0.2, 0.25) is 5.91 Å². The third-order valence-electron chi connectivity index (χ3n) is 4.67. The summed E-state index contributed by atoms with van der Waals surface area (Å²) in [6, 6.07) is 7.65. The van der Waals surface area contributed by atoms with Crippen LogP contribution in [-0.4, -0.2) is 31.3 Å². The predicted molar refractivity (Wildman–Crippen MR) is 119 cm³/mol. The highest BCUT2D eigenvalue weighted by Crippen LogP contribution is 2.30. The van der Waals surface area contributed by atoms with Gasteiger partial charge in [-0.15, -0.1) is 0 Å². The van der Waals surface area contributed by atoms with Crippen molar-refractivity contribution in [2.24, 2.45) is 0 Å². The van der Waals surface area contributed by atoms with Gasteiger partial charge in [-0.2, -0.15) is 5.10 Å². The van der Waals surface area contributed by atoms with E-state index in [9.17, 15) is 19.5 Å². The van der Waals surface area contributed by atoms with Gasteiger partial charge < -0.3 is 15.0 Å². The first-order valence-corrected chi connectivity index (χ1v) is 10.3. The standard InChI is InChI=1S/C21H20Cl2N4O4/c1-3-18(29)24-17-7-8-26(25-17)11-13-10-16(28)19(21(30)31)20(27(13)4-2)12-5-6-14(22)15(23)9-12/h5-10H,3-4,11H2,1-2H3,(H,30,31)(H,24,25,29). The molecule has 162 valence electrons. The molecular formula is C21H20Cl2N4O4. The molecule has 0 spiro atoms. The summed E-state index contributed by atoms with van der Waals surface area (Å²) in [6.07, 6.45) is 1.99. The first-order valence-electron chi connectivity index (χ1n) is 9.53. The number of rotatable bonds is 7. The number of halogens is 2. The molecule has 1 amide bonds.